The van der Waals surface area contributed by atoms with E-state index in [0.717, 1.165) is 24.0 Å². The molecule has 0 unspecified atom stereocenters. The molecule has 2 heterocycles. The summed E-state index contributed by atoms with van der Waals surface area (Å²) < 4.78 is 7.16. The molecule has 7 heteroatoms. The molecule has 7 nitrogen and oxygen atoms in total. The number of para-hydroxylation sites is 2. The van der Waals surface area contributed by atoms with Crippen LogP contribution in [-0.4, -0.2) is 33.6 Å². The van der Waals surface area contributed by atoms with Gasteiger partial charge in [-0.2, -0.15) is 0 Å². The van der Waals surface area contributed by atoms with Crippen LogP contribution < -0.4 is 15.8 Å². The average molecular weight is 466 g/mol. The van der Waals surface area contributed by atoms with Crippen LogP contribution in [0.5, 0.6) is 5.75 Å². The van der Waals surface area contributed by atoms with Crippen LogP contribution in [0.2, 0.25) is 0 Å². The molecule has 176 valence electrons. The summed E-state index contributed by atoms with van der Waals surface area (Å²) >= 11 is 0. The zero-order valence-electron chi connectivity index (χ0n) is 19.7. The lowest BCUT2D eigenvalue weighted by Gasteiger charge is -2.14. The number of methoxy groups -OCH3 is 1. The fraction of sp³-hybridized carbons (Fsp3) is 0.179. The predicted octanol–water partition coefficient (Wildman–Crippen LogP) is 4.92. The van der Waals surface area contributed by atoms with Gasteiger partial charge in [0.25, 0.3) is 5.91 Å². The van der Waals surface area contributed by atoms with E-state index >= 15 is 0 Å². The Labute approximate surface area is 203 Å². The Balaban J connectivity index is 1.55. The molecule has 1 amide bonds. The third-order valence-corrected chi connectivity index (χ3v) is 6.12. The molecule has 0 spiro atoms. The summed E-state index contributed by atoms with van der Waals surface area (Å²) in [4.78, 5) is 23.1. The van der Waals surface area contributed by atoms with Crippen molar-refractivity contribution in [1.29, 1.82) is 0 Å². The lowest BCUT2D eigenvalue weighted by molar-refractivity contribution is 0.0941. The highest BCUT2D eigenvalue weighted by Crippen LogP contribution is 2.32. The largest absolute Gasteiger partial charge is 0.497 e. The number of aryl methyl sites for hydroxylation is 1. The van der Waals surface area contributed by atoms with E-state index in [1.165, 1.54) is 5.56 Å². The topological polar surface area (TPSA) is 95.1 Å². The first-order chi connectivity index (χ1) is 17.0. The van der Waals surface area contributed by atoms with Gasteiger partial charge in [0.15, 0.2) is 5.65 Å². The molecule has 3 N–H and O–H groups in total. The van der Waals surface area contributed by atoms with E-state index in [9.17, 15) is 4.79 Å². The van der Waals surface area contributed by atoms with Gasteiger partial charge >= 0.3 is 0 Å². The zero-order valence-corrected chi connectivity index (χ0v) is 19.7. The zero-order chi connectivity index (χ0) is 24.4. The maximum atomic E-state index is 13.5. The average Bonchev–Trinajstić information content (AvgIpc) is 3.17. The van der Waals surface area contributed by atoms with Crippen LogP contribution in [-0.2, 0) is 6.42 Å². The van der Waals surface area contributed by atoms with Crippen LogP contribution in [0.3, 0.4) is 0 Å². The van der Waals surface area contributed by atoms with Crippen LogP contribution in [0.1, 0.15) is 29.3 Å². The minimum atomic E-state index is -0.265. The Morgan fingerprint density at radius 2 is 1.71 bits per heavy atom. The number of fused-ring (bicyclic) bond motifs is 2. The smallest absolute Gasteiger partial charge is 0.257 e. The number of nitrogens with two attached hydrogens (primary N) is 1. The maximum absolute atomic E-state index is 13.5. The van der Waals surface area contributed by atoms with E-state index in [-0.39, 0.29) is 17.8 Å². The molecular formula is C28H27N5O2. The quantitative estimate of drug-likeness (QED) is 0.356. The van der Waals surface area contributed by atoms with E-state index in [1.807, 2.05) is 73.7 Å². The second-order valence-electron chi connectivity index (χ2n) is 8.58. The molecule has 0 saturated heterocycles. The Bertz CT molecular complexity index is 1510. The number of benzene rings is 3. The van der Waals surface area contributed by atoms with Crippen LogP contribution in [0.4, 0.5) is 5.82 Å². The molecule has 3 aromatic carbocycles. The molecule has 0 bridgehead atoms. The number of hydrogen-bond acceptors (Lipinski definition) is 5. The Morgan fingerprint density at radius 1 is 1.00 bits per heavy atom. The molecule has 0 fully saturated rings. The first-order valence-electron chi connectivity index (χ1n) is 11.6. The lowest BCUT2D eigenvalue weighted by atomic mass is 10.1. The van der Waals surface area contributed by atoms with Gasteiger partial charge in [-0.3, -0.25) is 9.36 Å². The monoisotopic (exact) mass is 465 g/mol. The summed E-state index contributed by atoms with van der Waals surface area (Å²) in [6.45, 7) is 2.00. The van der Waals surface area contributed by atoms with E-state index in [1.54, 1.807) is 11.7 Å². The summed E-state index contributed by atoms with van der Waals surface area (Å²) in [5, 5.41) is 3.11. The fourth-order valence-electron chi connectivity index (χ4n) is 4.29. The van der Waals surface area contributed by atoms with Crippen molar-refractivity contribution in [2.24, 2.45) is 0 Å². The highest BCUT2D eigenvalue weighted by atomic mass is 16.5. The van der Waals surface area contributed by atoms with Crippen molar-refractivity contribution < 1.29 is 9.53 Å². The minimum absolute atomic E-state index is 0.0502. The van der Waals surface area contributed by atoms with Crippen LogP contribution in [0, 0.1) is 0 Å². The number of nitrogens with one attached hydrogen (secondary N) is 1. The lowest BCUT2D eigenvalue weighted by Crippen LogP contribution is -2.33. The number of hydrogen-bond donors (Lipinski definition) is 2. The van der Waals surface area contributed by atoms with Crippen molar-refractivity contribution >= 4 is 33.9 Å². The number of nitrogen functional groups attached to an aromatic ring is 1. The summed E-state index contributed by atoms with van der Waals surface area (Å²) in [6, 6.07) is 25.3. The van der Waals surface area contributed by atoms with Crippen molar-refractivity contribution in [2.45, 2.75) is 25.8 Å². The number of amides is 1. The molecule has 0 aliphatic rings. The van der Waals surface area contributed by atoms with Crippen molar-refractivity contribution in [3.8, 4) is 11.4 Å². The molecule has 0 radical (unpaired) electrons. The van der Waals surface area contributed by atoms with Crippen molar-refractivity contribution in [2.75, 3.05) is 12.8 Å². The van der Waals surface area contributed by atoms with Gasteiger partial charge in [0.1, 0.15) is 22.6 Å². The normalized spacial score (nSPS) is 12.1. The number of rotatable bonds is 7. The van der Waals surface area contributed by atoms with Crippen LogP contribution in [0.25, 0.3) is 27.9 Å². The van der Waals surface area contributed by atoms with E-state index in [0.29, 0.717) is 28.0 Å². The minimum Gasteiger partial charge on any atom is -0.497 e. The van der Waals surface area contributed by atoms with Gasteiger partial charge in [-0.15, -0.1) is 0 Å². The third kappa shape index (κ3) is 4.40. The molecule has 35 heavy (non-hydrogen) atoms. The van der Waals surface area contributed by atoms with Gasteiger partial charge in [0.2, 0.25) is 0 Å². The van der Waals surface area contributed by atoms with Gasteiger partial charge in [-0.25, -0.2) is 9.97 Å². The molecule has 1 atom stereocenters. The first-order valence-corrected chi connectivity index (χ1v) is 11.6. The Kier molecular flexibility index (Phi) is 6.06. The summed E-state index contributed by atoms with van der Waals surface area (Å²) in [6.07, 6.45) is 1.67. The van der Waals surface area contributed by atoms with Crippen LogP contribution >= 0.6 is 0 Å². The fourth-order valence-corrected chi connectivity index (χ4v) is 4.29. The van der Waals surface area contributed by atoms with E-state index in [4.69, 9.17) is 20.4 Å². The number of aromatic nitrogens is 3. The van der Waals surface area contributed by atoms with E-state index < -0.39 is 0 Å². The Morgan fingerprint density at radius 3 is 2.46 bits per heavy atom. The second-order valence-corrected chi connectivity index (χ2v) is 8.58. The van der Waals surface area contributed by atoms with Gasteiger partial charge < -0.3 is 15.8 Å². The highest BCUT2D eigenvalue weighted by Gasteiger charge is 2.25. The standard InChI is InChI=1S/C28H27N5O2/c1-18(15-16-19-9-4-3-5-10-19)30-28(34)24-25-27(32-23-14-7-6-13-22(23)31-25)33(26(24)29)20-11-8-12-21(17-20)35-2/h3-14,17-18H,15-16,29H2,1-2H3,(H,30,34)/t18-/m0/s1. The van der Waals surface area contributed by atoms with Gasteiger partial charge in [-0.05, 0) is 49.6 Å². The molecule has 0 saturated carbocycles. The molecule has 5 rings (SSSR count). The van der Waals surface area contributed by atoms with Gasteiger partial charge in [-0.1, -0.05) is 48.5 Å². The molecular weight excluding hydrogens is 438 g/mol. The maximum Gasteiger partial charge on any atom is 0.257 e. The summed E-state index contributed by atoms with van der Waals surface area (Å²) in [7, 11) is 1.61. The summed E-state index contributed by atoms with van der Waals surface area (Å²) in [5.41, 5.74) is 11.4. The molecule has 2 aromatic heterocycles. The number of ether oxygens (including phenoxy) is 1. The van der Waals surface area contributed by atoms with Crippen molar-refractivity contribution in [3.05, 3.63) is 90.0 Å². The van der Waals surface area contributed by atoms with E-state index in [2.05, 4.69) is 17.4 Å². The Hall–Kier alpha value is -4.39. The second kappa shape index (κ2) is 9.46. The predicted molar refractivity (Wildman–Crippen MR) is 139 cm³/mol. The van der Waals surface area contributed by atoms with Crippen LogP contribution in [0.15, 0.2) is 78.9 Å². The molecule has 5 aromatic rings. The van der Waals surface area contributed by atoms with Crippen molar-refractivity contribution in [3.63, 3.8) is 0 Å². The van der Waals surface area contributed by atoms with Crippen molar-refractivity contribution in [1.82, 2.24) is 19.9 Å². The number of nitrogens with zero attached hydrogens (tertiary/aromatic N) is 3. The number of carbonyl (C=O) groups is 1. The summed E-state index contributed by atoms with van der Waals surface area (Å²) in [5.74, 6) is 0.702. The number of anilines is 1. The van der Waals surface area contributed by atoms with Gasteiger partial charge in [0, 0.05) is 12.1 Å². The highest BCUT2D eigenvalue weighted by molar-refractivity contribution is 6.11. The number of carbonyl (C=O) groups excluding carboxylic acids is 1. The molecule has 0 aliphatic heterocycles. The SMILES string of the molecule is COc1cccc(-n2c(N)c(C(=O)N[C@@H](C)CCc3ccccc3)c3nc4ccccc4nc32)c1. The third-order valence-electron chi connectivity index (χ3n) is 6.12. The molecule has 0 aliphatic carbocycles. The van der Waals surface area contributed by atoms with Gasteiger partial charge in [0.05, 0.1) is 23.8 Å². The first kappa shape index (κ1) is 22.4.